The summed E-state index contributed by atoms with van der Waals surface area (Å²) in [7, 11) is 0. The van der Waals surface area contributed by atoms with Crippen molar-refractivity contribution in [1.29, 1.82) is 0 Å². The minimum Gasteiger partial charge on any atom is -0.302 e. The van der Waals surface area contributed by atoms with Gasteiger partial charge in [0.05, 0.1) is 5.56 Å². The summed E-state index contributed by atoms with van der Waals surface area (Å²) in [5.41, 5.74) is -0.146. The number of Topliss-reactive ketones (excluding diaryl/α,β-unsaturated/α-hetero) is 1. The molecule has 116 valence electrons. The maximum Gasteiger partial charge on any atom is 0.416 e. The lowest BCUT2D eigenvalue weighted by atomic mass is 10.0. The van der Waals surface area contributed by atoms with Crippen LogP contribution in [0.1, 0.15) is 36.8 Å². The number of benzene rings is 1. The average molecular weight is 299 g/mol. The highest BCUT2D eigenvalue weighted by atomic mass is 19.4. The van der Waals surface area contributed by atoms with Crippen molar-refractivity contribution in [3.63, 3.8) is 0 Å². The zero-order valence-electron chi connectivity index (χ0n) is 12.0. The summed E-state index contributed by atoms with van der Waals surface area (Å²) in [6.45, 7) is 2.44. The topological polar surface area (TPSA) is 20.3 Å². The average Bonchev–Trinajstić information content (AvgIpc) is 2.45. The Hall–Kier alpha value is -1.36. The predicted octanol–water partition coefficient (Wildman–Crippen LogP) is 3.69. The lowest BCUT2D eigenvalue weighted by Gasteiger charge is -2.25. The summed E-state index contributed by atoms with van der Waals surface area (Å²) >= 11 is 0. The monoisotopic (exact) mass is 299 g/mol. The molecule has 5 heteroatoms. The highest BCUT2D eigenvalue weighted by Gasteiger charge is 2.32. The van der Waals surface area contributed by atoms with E-state index < -0.39 is 11.7 Å². The Labute approximate surface area is 122 Å². The van der Waals surface area contributed by atoms with Crippen molar-refractivity contribution < 1.29 is 18.0 Å². The number of nitrogens with zero attached hydrogens (tertiary/aromatic N) is 1. The molecule has 0 unspecified atom stereocenters. The van der Waals surface area contributed by atoms with Crippen LogP contribution in [0.2, 0.25) is 0 Å². The molecule has 0 N–H and O–H groups in total. The molecule has 1 aromatic rings. The second kappa shape index (κ2) is 7.07. The number of carbonyl (C=O) groups is 1. The fourth-order valence-corrected chi connectivity index (χ4v) is 2.69. The first-order valence-corrected chi connectivity index (χ1v) is 7.36. The minimum absolute atomic E-state index is 0.311. The number of hydrogen-bond acceptors (Lipinski definition) is 2. The van der Waals surface area contributed by atoms with E-state index in [4.69, 9.17) is 0 Å². The van der Waals surface area contributed by atoms with E-state index in [0.29, 0.717) is 30.6 Å². The van der Waals surface area contributed by atoms with E-state index in [1.807, 2.05) is 0 Å². The number of aryl methyl sites for hydroxylation is 1. The molecule has 0 aromatic heterocycles. The zero-order chi connectivity index (χ0) is 15.3. The van der Waals surface area contributed by atoms with Crippen LogP contribution in [0.4, 0.5) is 13.2 Å². The lowest BCUT2D eigenvalue weighted by Crippen LogP contribution is -2.34. The fraction of sp³-hybridized carbons (Fsp3) is 0.562. The van der Waals surface area contributed by atoms with E-state index >= 15 is 0 Å². The van der Waals surface area contributed by atoms with Crippen LogP contribution in [-0.2, 0) is 17.4 Å². The second-order valence-corrected chi connectivity index (χ2v) is 5.49. The van der Waals surface area contributed by atoms with Gasteiger partial charge < -0.3 is 4.90 Å². The minimum atomic E-state index is -4.27. The highest BCUT2D eigenvalue weighted by Crippen LogP contribution is 2.32. The Morgan fingerprint density at radius 2 is 1.71 bits per heavy atom. The van der Waals surface area contributed by atoms with Crippen LogP contribution in [-0.4, -0.2) is 30.3 Å². The largest absolute Gasteiger partial charge is 0.416 e. The Bertz CT molecular complexity index is 475. The number of piperidine rings is 1. The predicted molar refractivity (Wildman–Crippen MR) is 75.1 cm³/mol. The van der Waals surface area contributed by atoms with Gasteiger partial charge in [0.1, 0.15) is 5.78 Å². The molecule has 0 aliphatic carbocycles. The van der Waals surface area contributed by atoms with Crippen molar-refractivity contribution >= 4 is 5.78 Å². The van der Waals surface area contributed by atoms with E-state index in [1.54, 1.807) is 12.1 Å². The molecule has 1 fully saturated rings. The fourth-order valence-electron chi connectivity index (χ4n) is 2.69. The molecule has 2 nitrogen and oxygen atoms in total. The Balaban J connectivity index is 1.78. The molecule has 0 amide bonds. The van der Waals surface area contributed by atoms with Gasteiger partial charge in [-0.15, -0.1) is 0 Å². The maximum atomic E-state index is 12.8. The Kier molecular flexibility index (Phi) is 5.39. The molecule has 1 aromatic carbocycles. The van der Waals surface area contributed by atoms with Crippen LogP contribution in [0.5, 0.6) is 0 Å². The molecule has 1 aliphatic rings. The van der Waals surface area contributed by atoms with Gasteiger partial charge in [0, 0.05) is 25.9 Å². The van der Waals surface area contributed by atoms with Crippen molar-refractivity contribution in [2.24, 2.45) is 0 Å². The third kappa shape index (κ3) is 4.84. The standard InChI is InChI=1S/C16H20F3NO/c17-16(18,19)15-7-2-1-5-13(15)6-3-4-10-20-11-8-14(21)9-12-20/h1-2,5,7H,3-4,6,8-12H2. The maximum absolute atomic E-state index is 12.8. The van der Waals surface area contributed by atoms with Gasteiger partial charge >= 0.3 is 6.18 Å². The van der Waals surface area contributed by atoms with Crippen molar-refractivity contribution in [2.75, 3.05) is 19.6 Å². The zero-order valence-corrected chi connectivity index (χ0v) is 12.0. The lowest BCUT2D eigenvalue weighted by molar-refractivity contribution is -0.138. The molecule has 21 heavy (non-hydrogen) atoms. The summed E-state index contributed by atoms with van der Waals surface area (Å²) in [6.07, 6.45) is -1.02. The van der Waals surface area contributed by atoms with Crippen molar-refractivity contribution in [2.45, 2.75) is 38.3 Å². The molecule has 0 radical (unpaired) electrons. The van der Waals surface area contributed by atoms with Crippen LogP contribution in [0, 0.1) is 0 Å². The second-order valence-electron chi connectivity index (χ2n) is 5.49. The van der Waals surface area contributed by atoms with E-state index in [0.717, 1.165) is 38.5 Å². The first-order chi connectivity index (χ1) is 9.97. The number of halogens is 3. The smallest absolute Gasteiger partial charge is 0.302 e. The third-order valence-electron chi connectivity index (χ3n) is 3.91. The van der Waals surface area contributed by atoms with Gasteiger partial charge in [-0.25, -0.2) is 0 Å². The number of unbranched alkanes of at least 4 members (excludes halogenated alkanes) is 1. The molecule has 0 spiro atoms. The van der Waals surface area contributed by atoms with Gasteiger partial charge in [0.25, 0.3) is 0 Å². The molecule has 0 atom stereocenters. The number of alkyl halides is 3. The van der Waals surface area contributed by atoms with E-state index in [-0.39, 0.29) is 0 Å². The summed E-state index contributed by atoms with van der Waals surface area (Å²) in [4.78, 5) is 13.3. The molecule has 0 saturated carbocycles. The van der Waals surface area contributed by atoms with Gasteiger partial charge in [-0.1, -0.05) is 18.2 Å². The highest BCUT2D eigenvalue weighted by molar-refractivity contribution is 5.79. The summed E-state index contributed by atoms with van der Waals surface area (Å²) in [6, 6.07) is 5.78. The first kappa shape index (κ1) is 16.0. The molecular weight excluding hydrogens is 279 g/mol. The molecule has 2 rings (SSSR count). The van der Waals surface area contributed by atoms with E-state index in [2.05, 4.69) is 4.90 Å². The number of carbonyl (C=O) groups excluding carboxylic acids is 1. The molecule has 0 bridgehead atoms. The van der Waals surface area contributed by atoms with Gasteiger partial charge in [0.15, 0.2) is 0 Å². The molecule has 1 heterocycles. The van der Waals surface area contributed by atoms with E-state index in [1.165, 1.54) is 6.07 Å². The van der Waals surface area contributed by atoms with Crippen molar-refractivity contribution in [3.8, 4) is 0 Å². The Morgan fingerprint density at radius 3 is 2.38 bits per heavy atom. The summed E-state index contributed by atoms with van der Waals surface area (Å²) in [5, 5.41) is 0. The first-order valence-electron chi connectivity index (χ1n) is 7.36. The van der Waals surface area contributed by atoms with Gasteiger partial charge in [0.2, 0.25) is 0 Å². The number of rotatable bonds is 5. The van der Waals surface area contributed by atoms with Crippen LogP contribution in [0.15, 0.2) is 24.3 Å². The van der Waals surface area contributed by atoms with Crippen LogP contribution < -0.4 is 0 Å². The normalized spacial score (nSPS) is 17.2. The van der Waals surface area contributed by atoms with Gasteiger partial charge in [-0.05, 0) is 37.4 Å². The summed E-state index contributed by atoms with van der Waals surface area (Å²) < 4.78 is 38.5. The van der Waals surface area contributed by atoms with Crippen LogP contribution in [0.3, 0.4) is 0 Å². The molecular formula is C16H20F3NO. The Morgan fingerprint density at radius 1 is 1.05 bits per heavy atom. The van der Waals surface area contributed by atoms with Crippen LogP contribution in [0.25, 0.3) is 0 Å². The quantitative estimate of drug-likeness (QED) is 0.773. The number of likely N-dealkylation sites (tertiary alicyclic amines) is 1. The SMILES string of the molecule is O=C1CCN(CCCCc2ccccc2C(F)(F)F)CC1. The van der Waals surface area contributed by atoms with Crippen molar-refractivity contribution in [1.82, 2.24) is 4.90 Å². The number of hydrogen-bond donors (Lipinski definition) is 0. The summed E-state index contributed by atoms with van der Waals surface area (Å²) in [5.74, 6) is 0.311. The third-order valence-corrected chi connectivity index (χ3v) is 3.91. The molecule has 1 saturated heterocycles. The van der Waals surface area contributed by atoms with Crippen LogP contribution >= 0.6 is 0 Å². The van der Waals surface area contributed by atoms with Gasteiger partial charge in [-0.3, -0.25) is 4.79 Å². The molecule has 1 aliphatic heterocycles. The van der Waals surface area contributed by atoms with Gasteiger partial charge in [-0.2, -0.15) is 13.2 Å². The van der Waals surface area contributed by atoms with E-state index in [9.17, 15) is 18.0 Å². The van der Waals surface area contributed by atoms with Crippen molar-refractivity contribution in [3.05, 3.63) is 35.4 Å². The number of ketones is 1.